The Bertz CT molecular complexity index is 1020. The molecule has 2 N–H and O–H groups in total. The van der Waals surface area contributed by atoms with Gasteiger partial charge >= 0.3 is 0 Å². The van der Waals surface area contributed by atoms with Crippen molar-refractivity contribution >= 4 is 11.6 Å². The van der Waals surface area contributed by atoms with E-state index >= 15 is 0 Å². The quantitative estimate of drug-likeness (QED) is 0.774. The summed E-state index contributed by atoms with van der Waals surface area (Å²) in [6.07, 6.45) is 2.94. The van der Waals surface area contributed by atoms with Crippen LogP contribution in [0.5, 0.6) is 5.75 Å². The minimum atomic E-state index is -0.0178. The van der Waals surface area contributed by atoms with Crippen LogP contribution in [-0.2, 0) is 4.79 Å². The van der Waals surface area contributed by atoms with E-state index in [1.165, 1.54) is 0 Å². The van der Waals surface area contributed by atoms with Gasteiger partial charge in [-0.3, -0.25) is 4.79 Å². The molecule has 154 valence electrons. The van der Waals surface area contributed by atoms with Crippen LogP contribution in [-0.4, -0.2) is 42.2 Å². The number of nitrogens with one attached hydrogen (secondary N) is 1. The minimum Gasteiger partial charge on any atom is -0.497 e. The molecule has 1 saturated heterocycles. The topological polar surface area (TPSA) is 61.8 Å². The first-order valence-electron chi connectivity index (χ1n) is 10.7. The van der Waals surface area contributed by atoms with Crippen LogP contribution in [0.25, 0.3) is 0 Å². The molecule has 2 aromatic rings. The first kappa shape index (κ1) is 19.0. The van der Waals surface area contributed by atoms with E-state index in [0.29, 0.717) is 0 Å². The van der Waals surface area contributed by atoms with E-state index in [1.807, 2.05) is 36.4 Å². The average molecular weight is 402 g/mol. The van der Waals surface area contributed by atoms with Crippen molar-refractivity contribution in [3.05, 3.63) is 59.2 Å². The summed E-state index contributed by atoms with van der Waals surface area (Å²) in [5.41, 5.74) is 3.98. The van der Waals surface area contributed by atoms with Crippen LogP contribution in [0.4, 0.5) is 5.69 Å². The van der Waals surface area contributed by atoms with E-state index in [-0.39, 0.29) is 36.4 Å². The maximum absolute atomic E-state index is 12.9. The van der Waals surface area contributed by atoms with E-state index in [9.17, 15) is 9.90 Å². The average Bonchev–Trinajstić information content (AvgIpc) is 3.55. The molecule has 2 aromatic carbocycles. The Kier molecular flexibility index (Phi) is 4.88. The number of aliphatic hydroxyl groups excluding tert-OH is 1. The van der Waals surface area contributed by atoms with Gasteiger partial charge in [0.2, 0.25) is 5.91 Å². The number of rotatable bonds is 3. The van der Waals surface area contributed by atoms with Gasteiger partial charge in [-0.2, -0.15) is 0 Å². The van der Waals surface area contributed by atoms with Crippen LogP contribution in [0.2, 0.25) is 0 Å². The van der Waals surface area contributed by atoms with Gasteiger partial charge in [0.25, 0.3) is 0 Å². The molecule has 1 saturated carbocycles. The smallest absolute Gasteiger partial charge is 0.226 e. The number of likely N-dealkylation sites (tertiary alicyclic amines) is 1. The van der Waals surface area contributed by atoms with Crippen LogP contribution in [0.15, 0.2) is 42.5 Å². The van der Waals surface area contributed by atoms with Gasteiger partial charge < -0.3 is 20.1 Å². The number of ether oxygens (including phenoxy) is 1. The summed E-state index contributed by atoms with van der Waals surface area (Å²) >= 11 is 0. The Labute approximate surface area is 177 Å². The van der Waals surface area contributed by atoms with Crippen LogP contribution in [0.1, 0.15) is 42.0 Å². The van der Waals surface area contributed by atoms with Gasteiger partial charge in [-0.15, -0.1) is 0 Å². The van der Waals surface area contributed by atoms with Crippen molar-refractivity contribution in [2.45, 2.75) is 31.3 Å². The molecule has 5 rings (SSSR count). The second kappa shape index (κ2) is 7.70. The van der Waals surface area contributed by atoms with Gasteiger partial charge in [-0.1, -0.05) is 11.8 Å². The fraction of sp³-hybridized carbons (Fsp3) is 0.400. The summed E-state index contributed by atoms with van der Waals surface area (Å²) in [4.78, 5) is 15.0. The lowest BCUT2D eigenvalue weighted by atomic mass is 9.82. The number of nitrogens with zero attached hydrogens (tertiary/aromatic N) is 1. The van der Waals surface area contributed by atoms with E-state index < -0.39 is 0 Å². The monoisotopic (exact) mass is 402 g/mol. The number of carbonyl (C=O) groups excluding carboxylic acids is 1. The van der Waals surface area contributed by atoms with Gasteiger partial charge in [0.15, 0.2) is 0 Å². The Hall–Kier alpha value is -2.97. The molecular formula is C25H26N2O3. The van der Waals surface area contributed by atoms with Gasteiger partial charge in [0, 0.05) is 35.2 Å². The van der Waals surface area contributed by atoms with E-state index in [1.54, 1.807) is 7.11 Å². The molecule has 0 spiro atoms. The summed E-state index contributed by atoms with van der Waals surface area (Å²) in [6.45, 7) is 0.842. The Morgan fingerprint density at radius 2 is 1.87 bits per heavy atom. The molecule has 1 amide bonds. The lowest BCUT2D eigenvalue weighted by Crippen LogP contribution is -2.43. The molecule has 3 aliphatic rings. The van der Waals surface area contributed by atoms with Crippen molar-refractivity contribution < 1.29 is 14.6 Å². The van der Waals surface area contributed by atoms with Gasteiger partial charge in [0.1, 0.15) is 5.75 Å². The zero-order valence-corrected chi connectivity index (χ0v) is 17.1. The molecule has 0 radical (unpaired) electrons. The molecule has 1 aliphatic carbocycles. The summed E-state index contributed by atoms with van der Waals surface area (Å²) in [6, 6.07) is 13.8. The highest BCUT2D eigenvalue weighted by Crippen LogP contribution is 2.48. The third-order valence-electron chi connectivity index (χ3n) is 6.52. The van der Waals surface area contributed by atoms with Crippen molar-refractivity contribution in [2.24, 2.45) is 11.8 Å². The zero-order valence-electron chi connectivity index (χ0n) is 17.1. The van der Waals surface area contributed by atoms with Crippen molar-refractivity contribution in [3.63, 3.8) is 0 Å². The number of aliphatic hydroxyl groups is 1. The fourth-order valence-electron chi connectivity index (χ4n) is 4.77. The van der Waals surface area contributed by atoms with Crippen molar-refractivity contribution in [3.8, 4) is 17.6 Å². The molecule has 2 fully saturated rings. The highest BCUT2D eigenvalue weighted by molar-refractivity contribution is 5.82. The summed E-state index contributed by atoms with van der Waals surface area (Å²) < 4.78 is 5.20. The molecule has 2 heterocycles. The van der Waals surface area contributed by atoms with Crippen LogP contribution in [0.3, 0.4) is 0 Å². The van der Waals surface area contributed by atoms with Gasteiger partial charge in [-0.05, 0) is 67.3 Å². The first-order valence-corrected chi connectivity index (χ1v) is 10.7. The lowest BCUT2D eigenvalue weighted by Gasteiger charge is -2.39. The Morgan fingerprint density at radius 1 is 1.13 bits per heavy atom. The standard InChI is InChI=1S/C25H26N2O3/c1-30-19-9-4-16(5-10-19)2-3-17-6-11-22-21(14-17)24-20(23(15-28)26-22)12-13-27(24)25(29)18-7-8-18/h4-6,9-11,14,18,20,23-24,26,28H,7-8,12-13,15H2,1H3/t20-,23-,24-/m1/s1. The number of methoxy groups -OCH3 is 1. The Balaban J connectivity index is 1.47. The highest BCUT2D eigenvalue weighted by atomic mass is 16.5. The number of benzene rings is 2. The molecule has 2 aliphatic heterocycles. The normalized spacial score (nSPS) is 24.2. The molecule has 5 heteroatoms. The van der Waals surface area contributed by atoms with E-state index in [2.05, 4.69) is 28.1 Å². The number of hydrogen-bond acceptors (Lipinski definition) is 4. The molecule has 5 nitrogen and oxygen atoms in total. The van der Waals surface area contributed by atoms with E-state index in [4.69, 9.17) is 4.74 Å². The second-order valence-corrected chi connectivity index (χ2v) is 8.42. The number of carbonyl (C=O) groups is 1. The summed E-state index contributed by atoms with van der Waals surface area (Å²) in [5, 5.41) is 13.4. The third kappa shape index (κ3) is 3.42. The maximum Gasteiger partial charge on any atom is 0.226 e. The molecule has 3 atom stereocenters. The van der Waals surface area contributed by atoms with Crippen molar-refractivity contribution in [1.82, 2.24) is 4.90 Å². The van der Waals surface area contributed by atoms with Crippen LogP contribution >= 0.6 is 0 Å². The molecule has 0 aromatic heterocycles. The Morgan fingerprint density at radius 3 is 2.57 bits per heavy atom. The predicted octanol–water partition coefficient (Wildman–Crippen LogP) is 3.18. The number of hydrogen-bond donors (Lipinski definition) is 2. The molecule has 0 bridgehead atoms. The summed E-state index contributed by atoms with van der Waals surface area (Å²) in [5.74, 6) is 8.00. The number of anilines is 1. The molecule has 0 unspecified atom stereocenters. The van der Waals surface area contributed by atoms with Crippen molar-refractivity contribution in [1.29, 1.82) is 0 Å². The van der Waals surface area contributed by atoms with Crippen molar-refractivity contribution in [2.75, 3.05) is 25.6 Å². The first-order chi connectivity index (χ1) is 14.7. The maximum atomic E-state index is 12.9. The lowest BCUT2D eigenvalue weighted by molar-refractivity contribution is -0.134. The zero-order chi connectivity index (χ0) is 20.7. The SMILES string of the molecule is COc1ccc(C#Cc2ccc3c(c2)[C@H]2[C@H](CCN2C(=O)C2CC2)[C@@H](CO)N3)cc1. The van der Waals surface area contributed by atoms with Crippen LogP contribution in [0, 0.1) is 23.7 Å². The molecule has 30 heavy (non-hydrogen) atoms. The molecular weight excluding hydrogens is 376 g/mol. The largest absolute Gasteiger partial charge is 0.497 e. The third-order valence-corrected chi connectivity index (χ3v) is 6.52. The van der Waals surface area contributed by atoms with E-state index in [0.717, 1.165) is 53.9 Å². The van der Waals surface area contributed by atoms with Gasteiger partial charge in [0.05, 0.1) is 25.8 Å². The van der Waals surface area contributed by atoms with Gasteiger partial charge in [-0.25, -0.2) is 0 Å². The fourth-order valence-corrected chi connectivity index (χ4v) is 4.77. The second-order valence-electron chi connectivity index (χ2n) is 8.42. The number of fused-ring (bicyclic) bond motifs is 3. The summed E-state index contributed by atoms with van der Waals surface area (Å²) in [7, 11) is 1.65. The predicted molar refractivity (Wildman–Crippen MR) is 115 cm³/mol. The minimum absolute atomic E-state index is 0.0178. The van der Waals surface area contributed by atoms with Crippen LogP contribution < -0.4 is 10.1 Å². The number of amides is 1. The highest BCUT2D eigenvalue weighted by Gasteiger charge is 2.48.